The summed E-state index contributed by atoms with van der Waals surface area (Å²) in [6, 6.07) is 17.3. The van der Waals surface area contributed by atoms with Gasteiger partial charge in [-0.2, -0.15) is 0 Å². The second kappa shape index (κ2) is 8.80. The average Bonchev–Trinajstić information content (AvgIpc) is 2.95. The van der Waals surface area contributed by atoms with Crippen molar-refractivity contribution in [2.45, 2.75) is 37.9 Å². The van der Waals surface area contributed by atoms with Crippen molar-refractivity contribution >= 4 is 17.7 Å². The van der Waals surface area contributed by atoms with E-state index in [4.69, 9.17) is 10.5 Å². The van der Waals surface area contributed by atoms with Crippen molar-refractivity contribution < 1.29 is 9.53 Å². The number of amides is 1. The van der Waals surface area contributed by atoms with E-state index in [2.05, 4.69) is 41.5 Å². The van der Waals surface area contributed by atoms with Crippen LogP contribution in [0.15, 0.2) is 54.1 Å². The van der Waals surface area contributed by atoms with Crippen molar-refractivity contribution in [1.29, 1.82) is 0 Å². The second-order valence-electron chi connectivity index (χ2n) is 8.02. The maximum absolute atomic E-state index is 11.9. The number of carbonyl (C=O) groups excluding carboxylic acids is 1. The number of rotatable bonds is 5. The fraction of sp³-hybridized carbons (Fsp3) is 0.375. The maximum atomic E-state index is 11.9. The Morgan fingerprint density at radius 1 is 1.14 bits per heavy atom. The van der Waals surface area contributed by atoms with Gasteiger partial charge in [0.05, 0.1) is 6.04 Å². The Balaban J connectivity index is 1.49. The summed E-state index contributed by atoms with van der Waals surface area (Å²) in [5.74, 6) is -0.358. The number of ether oxygens (including phenoxy) is 1. The molecule has 29 heavy (non-hydrogen) atoms. The van der Waals surface area contributed by atoms with Crippen LogP contribution in [0.1, 0.15) is 42.0 Å². The number of fused-ring (bicyclic) bond motifs is 1. The highest BCUT2D eigenvalue weighted by Gasteiger charge is 2.22. The van der Waals surface area contributed by atoms with Gasteiger partial charge in [0, 0.05) is 43.5 Å². The Hall–Kier alpha value is -2.63. The highest BCUT2D eigenvalue weighted by molar-refractivity contribution is 5.98. The van der Waals surface area contributed by atoms with Crippen LogP contribution in [0.2, 0.25) is 0 Å². The normalized spacial score (nSPS) is 19.8. The average molecular weight is 392 g/mol. The van der Waals surface area contributed by atoms with Crippen LogP contribution in [-0.2, 0) is 16.1 Å². The molecule has 1 fully saturated rings. The molecule has 0 aliphatic carbocycles. The van der Waals surface area contributed by atoms with Gasteiger partial charge < -0.3 is 15.8 Å². The number of nitrogens with one attached hydrogen (secondary N) is 1. The summed E-state index contributed by atoms with van der Waals surface area (Å²) in [4.78, 5) is 14.4. The molecule has 2 aromatic rings. The van der Waals surface area contributed by atoms with E-state index >= 15 is 0 Å². The lowest BCUT2D eigenvalue weighted by Gasteiger charge is -2.31. The van der Waals surface area contributed by atoms with Gasteiger partial charge in [0.2, 0.25) is 5.91 Å². The molecule has 0 bridgehead atoms. The molecule has 0 saturated carbocycles. The zero-order valence-corrected chi connectivity index (χ0v) is 16.9. The molecule has 1 amide bonds. The molecule has 0 spiro atoms. The molecule has 5 nitrogen and oxygen atoms in total. The molecule has 3 N–H and O–H groups in total. The van der Waals surface area contributed by atoms with E-state index in [0.717, 1.165) is 49.4 Å². The van der Waals surface area contributed by atoms with Crippen molar-refractivity contribution in [2.24, 2.45) is 5.73 Å². The molecule has 2 aliphatic rings. The molecule has 5 heteroatoms. The fourth-order valence-corrected chi connectivity index (χ4v) is 4.23. The molecule has 1 unspecified atom stereocenters. The highest BCUT2D eigenvalue weighted by atomic mass is 16.5. The smallest absolute Gasteiger partial charge is 0.244 e. The number of hydrogen-bond acceptors (Lipinski definition) is 4. The standard InChI is InChI=1S/C24H29N3O2/c1-27(21-10-12-29-13-11-21)16-17-6-8-18(9-7-17)23-15-20(24(25)28)14-19-4-2-3-5-22(19)26-23/h2-9,14,21,23,26H,10-13,15-16H2,1H3,(H2,25,28). The van der Waals surface area contributed by atoms with E-state index in [1.54, 1.807) is 0 Å². The Labute approximate surface area is 172 Å². The Morgan fingerprint density at radius 3 is 2.59 bits per heavy atom. The maximum Gasteiger partial charge on any atom is 0.244 e. The van der Waals surface area contributed by atoms with Gasteiger partial charge in [0.15, 0.2) is 0 Å². The summed E-state index contributed by atoms with van der Waals surface area (Å²) < 4.78 is 5.47. The monoisotopic (exact) mass is 391 g/mol. The van der Waals surface area contributed by atoms with E-state index in [-0.39, 0.29) is 11.9 Å². The lowest BCUT2D eigenvalue weighted by atomic mass is 9.97. The summed E-state index contributed by atoms with van der Waals surface area (Å²) in [5, 5.41) is 3.59. The van der Waals surface area contributed by atoms with Crippen molar-refractivity contribution in [2.75, 3.05) is 25.6 Å². The number of hydrogen-bond donors (Lipinski definition) is 2. The number of nitrogens with zero attached hydrogens (tertiary/aromatic N) is 1. The van der Waals surface area contributed by atoms with E-state index in [0.29, 0.717) is 18.0 Å². The number of anilines is 1. The summed E-state index contributed by atoms with van der Waals surface area (Å²) >= 11 is 0. The van der Waals surface area contributed by atoms with Crippen LogP contribution in [0.5, 0.6) is 0 Å². The third-order valence-corrected chi connectivity index (χ3v) is 5.99. The van der Waals surface area contributed by atoms with Crippen LogP contribution in [0, 0.1) is 0 Å². The molecule has 0 radical (unpaired) electrons. The fourth-order valence-electron chi connectivity index (χ4n) is 4.23. The van der Waals surface area contributed by atoms with Crippen molar-refractivity contribution in [3.05, 3.63) is 70.8 Å². The topological polar surface area (TPSA) is 67.6 Å². The third-order valence-electron chi connectivity index (χ3n) is 5.99. The molecule has 152 valence electrons. The zero-order valence-electron chi connectivity index (χ0n) is 16.9. The van der Waals surface area contributed by atoms with Crippen LogP contribution < -0.4 is 11.1 Å². The molecular weight excluding hydrogens is 362 g/mol. The van der Waals surface area contributed by atoms with E-state index in [9.17, 15) is 4.79 Å². The molecule has 4 rings (SSSR count). The first-order chi connectivity index (χ1) is 14.1. The molecule has 2 aromatic carbocycles. The first kappa shape index (κ1) is 19.7. The Morgan fingerprint density at radius 2 is 1.86 bits per heavy atom. The SMILES string of the molecule is CN(Cc1ccc(C2CC(C(N)=O)=Cc3ccccc3N2)cc1)C1CCOCC1. The van der Waals surface area contributed by atoms with Crippen LogP contribution in [0.25, 0.3) is 6.08 Å². The second-order valence-corrected chi connectivity index (χ2v) is 8.02. The van der Waals surface area contributed by atoms with Gasteiger partial charge >= 0.3 is 0 Å². The predicted molar refractivity (Wildman–Crippen MR) is 116 cm³/mol. The molecule has 0 aromatic heterocycles. The quantitative estimate of drug-likeness (QED) is 0.815. The van der Waals surface area contributed by atoms with Crippen molar-refractivity contribution in [3.8, 4) is 0 Å². The molecule has 2 aliphatic heterocycles. The third kappa shape index (κ3) is 4.69. The van der Waals surface area contributed by atoms with E-state index < -0.39 is 0 Å². The minimum Gasteiger partial charge on any atom is -0.381 e. The minimum atomic E-state index is -0.358. The number of benzene rings is 2. The van der Waals surface area contributed by atoms with Gasteiger partial charge in [-0.05, 0) is 48.7 Å². The number of para-hydroxylation sites is 1. The van der Waals surface area contributed by atoms with Crippen molar-refractivity contribution in [3.63, 3.8) is 0 Å². The summed E-state index contributed by atoms with van der Waals surface area (Å²) in [7, 11) is 2.19. The van der Waals surface area contributed by atoms with E-state index in [1.165, 1.54) is 5.56 Å². The van der Waals surface area contributed by atoms with E-state index in [1.807, 2.05) is 30.3 Å². The Bertz CT molecular complexity index is 885. The summed E-state index contributed by atoms with van der Waals surface area (Å²) in [6.45, 7) is 2.65. The van der Waals surface area contributed by atoms with Crippen LogP contribution >= 0.6 is 0 Å². The predicted octanol–water partition coefficient (Wildman–Crippen LogP) is 3.72. The first-order valence-corrected chi connectivity index (χ1v) is 10.3. The number of carbonyl (C=O) groups is 1. The number of primary amides is 1. The van der Waals surface area contributed by atoms with Crippen LogP contribution in [-0.4, -0.2) is 37.1 Å². The first-order valence-electron chi connectivity index (χ1n) is 10.3. The van der Waals surface area contributed by atoms with Crippen LogP contribution in [0.4, 0.5) is 5.69 Å². The lowest BCUT2D eigenvalue weighted by Crippen LogP contribution is -2.36. The summed E-state index contributed by atoms with van der Waals surface area (Å²) in [5.41, 5.74) is 10.8. The van der Waals surface area contributed by atoms with Gasteiger partial charge in [-0.15, -0.1) is 0 Å². The Kier molecular flexibility index (Phi) is 5.97. The summed E-state index contributed by atoms with van der Waals surface area (Å²) in [6.07, 6.45) is 4.68. The molecule has 1 saturated heterocycles. The van der Waals surface area contributed by atoms with Crippen LogP contribution in [0.3, 0.4) is 0 Å². The number of nitrogens with two attached hydrogens (primary N) is 1. The van der Waals surface area contributed by atoms with Gasteiger partial charge in [0.25, 0.3) is 0 Å². The van der Waals surface area contributed by atoms with Gasteiger partial charge in [0.1, 0.15) is 0 Å². The highest BCUT2D eigenvalue weighted by Crippen LogP contribution is 2.33. The molecular formula is C24H29N3O2. The molecule has 1 atom stereocenters. The van der Waals surface area contributed by atoms with Gasteiger partial charge in [-0.3, -0.25) is 9.69 Å². The minimum absolute atomic E-state index is 0.0136. The van der Waals surface area contributed by atoms with Gasteiger partial charge in [-0.1, -0.05) is 42.5 Å². The molecule has 2 heterocycles. The van der Waals surface area contributed by atoms with Gasteiger partial charge in [-0.25, -0.2) is 0 Å². The lowest BCUT2D eigenvalue weighted by molar-refractivity contribution is -0.114. The van der Waals surface area contributed by atoms with Crippen molar-refractivity contribution in [1.82, 2.24) is 4.90 Å². The largest absolute Gasteiger partial charge is 0.381 e. The zero-order chi connectivity index (χ0) is 20.2.